The summed E-state index contributed by atoms with van der Waals surface area (Å²) >= 11 is 0. The Morgan fingerprint density at radius 1 is 1.62 bits per heavy atom. The van der Waals surface area contributed by atoms with Crippen molar-refractivity contribution < 1.29 is 14.6 Å². The number of amides is 1. The molecule has 94 valence electrons. The van der Waals surface area contributed by atoms with E-state index in [0.717, 1.165) is 19.3 Å². The molecule has 16 heavy (non-hydrogen) atoms. The number of hydrogen-bond donors (Lipinski definition) is 3. The summed E-state index contributed by atoms with van der Waals surface area (Å²) in [7, 11) is 0. The summed E-state index contributed by atoms with van der Waals surface area (Å²) in [6.07, 6.45) is 2.67. The predicted molar refractivity (Wildman–Crippen MR) is 60.9 cm³/mol. The van der Waals surface area contributed by atoms with E-state index in [1.54, 1.807) is 0 Å². The first-order chi connectivity index (χ1) is 7.71. The van der Waals surface area contributed by atoms with Gasteiger partial charge < -0.3 is 20.9 Å². The van der Waals surface area contributed by atoms with Crippen molar-refractivity contribution in [2.75, 3.05) is 13.2 Å². The molecule has 0 radical (unpaired) electrons. The molecule has 1 rings (SSSR count). The van der Waals surface area contributed by atoms with Crippen molar-refractivity contribution in [3.8, 4) is 0 Å². The number of aliphatic hydroxyl groups excluding tert-OH is 1. The van der Waals surface area contributed by atoms with Gasteiger partial charge in [0.2, 0.25) is 5.91 Å². The van der Waals surface area contributed by atoms with Gasteiger partial charge in [-0.05, 0) is 25.7 Å². The summed E-state index contributed by atoms with van der Waals surface area (Å²) in [4.78, 5) is 11.8. The number of carbonyl (C=O) groups is 1. The zero-order valence-corrected chi connectivity index (χ0v) is 9.82. The van der Waals surface area contributed by atoms with Crippen LogP contribution in [-0.2, 0) is 9.53 Å². The first-order valence-electron chi connectivity index (χ1n) is 5.98. The molecule has 4 N–H and O–H groups in total. The fraction of sp³-hybridized carbons (Fsp3) is 0.909. The third-order valence-corrected chi connectivity index (χ3v) is 2.98. The minimum atomic E-state index is -0.360. The average molecular weight is 230 g/mol. The van der Waals surface area contributed by atoms with Crippen LogP contribution < -0.4 is 11.1 Å². The van der Waals surface area contributed by atoms with Gasteiger partial charge in [-0.1, -0.05) is 6.92 Å². The van der Waals surface area contributed by atoms with Crippen LogP contribution in [0.15, 0.2) is 0 Å². The highest BCUT2D eigenvalue weighted by Crippen LogP contribution is 2.19. The molecule has 3 atom stereocenters. The molecule has 1 aliphatic heterocycles. The van der Waals surface area contributed by atoms with Gasteiger partial charge in [0.1, 0.15) is 6.10 Å². The van der Waals surface area contributed by atoms with E-state index in [1.807, 2.05) is 6.92 Å². The smallest absolute Gasteiger partial charge is 0.249 e. The zero-order valence-electron chi connectivity index (χ0n) is 9.82. The highest BCUT2D eigenvalue weighted by Gasteiger charge is 2.30. The highest BCUT2D eigenvalue weighted by atomic mass is 16.5. The third-order valence-electron chi connectivity index (χ3n) is 2.98. The van der Waals surface area contributed by atoms with Crippen LogP contribution in [0.25, 0.3) is 0 Å². The molecule has 1 heterocycles. The van der Waals surface area contributed by atoms with E-state index in [0.29, 0.717) is 13.0 Å². The molecule has 0 spiro atoms. The van der Waals surface area contributed by atoms with Gasteiger partial charge in [0, 0.05) is 19.2 Å². The van der Waals surface area contributed by atoms with Crippen LogP contribution in [0.3, 0.4) is 0 Å². The largest absolute Gasteiger partial charge is 0.396 e. The van der Waals surface area contributed by atoms with Gasteiger partial charge in [-0.2, -0.15) is 0 Å². The van der Waals surface area contributed by atoms with Crippen molar-refractivity contribution in [1.29, 1.82) is 0 Å². The monoisotopic (exact) mass is 230 g/mol. The van der Waals surface area contributed by atoms with Gasteiger partial charge in [0.15, 0.2) is 0 Å². The summed E-state index contributed by atoms with van der Waals surface area (Å²) in [5, 5.41) is 11.7. The SMILES string of the molecule is CCC(CCO)NC(=O)C1CCC(CN)O1. The molecule has 1 saturated heterocycles. The van der Waals surface area contributed by atoms with E-state index >= 15 is 0 Å². The number of hydrogen-bond acceptors (Lipinski definition) is 4. The number of rotatable bonds is 6. The topological polar surface area (TPSA) is 84.6 Å². The van der Waals surface area contributed by atoms with Gasteiger partial charge in [0.05, 0.1) is 6.10 Å². The Kier molecular flexibility index (Phi) is 5.73. The Bertz CT molecular complexity index is 223. The van der Waals surface area contributed by atoms with Crippen LogP contribution in [0.2, 0.25) is 0 Å². The van der Waals surface area contributed by atoms with Gasteiger partial charge in [-0.15, -0.1) is 0 Å². The molecule has 5 nitrogen and oxygen atoms in total. The summed E-state index contributed by atoms with van der Waals surface area (Å²) in [6.45, 7) is 2.55. The normalized spacial score (nSPS) is 26.7. The van der Waals surface area contributed by atoms with Crippen LogP contribution in [0, 0.1) is 0 Å². The predicted octanol–water partition coefficient (Wildman–Crippen LogP) is -0.230. The van der Waals surface area contributed by atoms with Crippen molar-refractivity contribution in [3.05, 3.63) is 0 Å². The van der Waals surface area contributed by atoms with Gasteiger partial charge in [0.25, 0.3) is 0 Å². The first-order valence-corrected chi connectivity index (χ1v) is 5.98. The van der Waals surface area contributed by atoms with Crippen molar-refractivity contribution in [2.24, 2.45) is 5.73 Å². The van der Waals surface area contributed by atoms with E-state index in [-0.39, 0.29) is 30.8 Å². The molecule has 0 aromatic heterocycles. The second-order valence-corrected chi connectivity index (χ2v) is 4.19. The average Bonchev–Trinajstić information content (AvgIpc) is 2.76. The van der Waals surface area contributed by atoms with E-state index < -0.39 is 0 Å². The molecule has 0 saturated carbocycles. The number of ether oxygens (including phenoxy) is 1. The number of aliphatic hydroxyl groups is 1. The minimum absolute atomic E-state index is 0.0219. The highest BCUT2D eigenvalue weighted by molar-refractivity contribution is 5.81. The lowest BCUT2D eigenvalue weighted by Gasteiger charge is -2.19. The molecule has 1 fully saturated rings. The molecule has 0 aromatic carbocycles. The molecular formula is C11H22N2O3. The van der Waals surface area contributed by atoms with E-state index in [1.165, 1.54) is 0 Å². The Balaban J connectivity index is 2.34. The van der Waals surface area contributed by atoms with Crippen molar-refractivity contribution in [3.63, 3.8) is 0 Å². The Labute approximate surface area is 96.3 Å². The maximum atomic E-state index is 11.8. The standard InChI is InChI=1S/C11H22N2O3/c1-2-8(5-6-14)13-11(15)10-4-3-9(7-12)16-10/h8-10,14H,2-7,12H2,1H3,(H,13,15). The van der Waals surface area contributed by atoms with Crippen LogP contribution in [0.4, 0.5) is 0 Å². The second-order valence-electron chi connectivity index (χ2n) is 4.19. The van der Waals surface area contributed by atoms with Gasteiger partial charge in [-0.25, -0.2) is 0 Å². The Hall–Kier alpha value is -0.650. The van der Waals surface area contributed by atoms with Crippen LogP contribution >= 0.6 is 0 Å². The molecule has 0 aromatic rings. The molecule has 0 bridgehead atoms. The first kappa shape index (κ1) is 13.4. The maximum Gasteiger partial charge on any atom is 0.249 e. The molecule has 5 heteroatoms. The second kappa shape index (κ2) is 6.83. The van der Waals surface area contributed by atoms with Crippen LogP contribution in [0.5, 0.6) is 0 Å². The van der Waals surface area contributed by atoms with Crippen molar-refractivity contribution in [2.45, 2.75) is 50.9 Å². The third kappa shape index (κ3) is 3.73. The molecule has 0 aliphatic carbocycles. The number of nitrogens with one attached hydrogen (secondary N) is 1. The summed E-state index contributed by atoms with van der Waals surface area (Å²) in [5.41, 5.74) is 5.48. The molecule has 1 amide bonds. The van der Waals surface area contributed by atoms with Crippen molar-refractivity contribution >= 4 is 5.91 Å². The number of carbonyl (C=O) groups excluding carboxylic acids is 1. The van der Waals surface area contributed by atoms with Gasteiger partial charge in [-0.3, -0.25) is 4.79 Å². The van der Waals surface area contributed by atoms with E-state index in [4.69, 9.17) is 15.6 Å². The fourth-order valence-electron chi connectivity index (χ4n) is 1.90. The number of nitrogens with two attached hydrogens (primary N) is 1. The van der Waals surface area contributed by atoms with Crippen LogP contribution in [0.1, 0.15) is 32.6 Å². The van der Waals surface area contributed by atoms with E-state index in [9.17, 15) is 4.79 Å². The van der Waals surface area contributed by atoms with Gasteiger partial charge >= 0.3 is 0 Å². The fourth-order valence-corrected chi connectivity index (χ4v) is 1.90. The quantitative estimate of drug-likeness (QED) is 0.588. The summed E-state index contributed by atoms with van der Waals surface area (Å²) in [6, 6.07) is 0.0398. The molecule has 1 aliphatic rings. The minimum Gasteiger partial charge on any atom is -0.396 e. The van der Waals surface area contributed by atoms with Crippen LogP contribution in [-0.4, -0.2) is 42.4 Å². The lowest BCUT2D eigenvalue weighted by atomic mass is 10.1. The Morgan fingerprint density at radius 3 is 2.88 bits per heavy atom. The van der Waals surface area contributed by atoms with Crippen molar-refractivity contribution in [1.82, 2.24) is 5.32 Å². The maximum absolute atomic E-state index is 11.8. The van der Waals surface area contributed by atoms with E-state index in [2.05, 4.69) is 5.32 Å². The Morgan fingerprint density at radius 2 is 2.38 bits per heavy atom. The summed E-state index contributed by atoms with van der Waals surface area (Å²) in [5.74, 6) is -0.0729. The molecular weight excluding hydrogens is 208 g/mol. The summed E-state index contributed by atoms with van der Waals surface area (Å²) < 4.78 is 5.50. The molecule has 3 unspecified atom stereocenters. The lowest BCUT2D eigenvalue weighted by Crippen LogP contribution is -2.42. The lowest BCUT2D eigenvalue weighted by molar-refractivity contribution is -0.132. The zero-order chi connectivity index (χ0) is 12.0.